The molecule has 0 bridgehead atoms. The standard InChI is InChI=1S/C5H5N2O2.C2H6/c8-7(9)5-2-1-3-6-4-5;1-2/h1,3-4H,2H2;1-2H3. The largest absolute Gasteiger partial charge is 0.334 e. The molecule has 1 radical (unpaired) electrons. The molecule has 0 saturated heterocycles. The fourth-order valence-corrected chi connectivity index (χ4v) is 0.538. The lowest BCUT2D eigenvalue weighted by atomic mass is 10.2. The van der Waals surface area contributed by atoms with Crippen LogP contribution >= 0.6 is 0 Å². The fourth-order valence-electron chi connectivity index (χ4n) is 0.538. The van der Waals surface area contributed by atoms with Crippen molar-refractivity contribution in [1.82, 2.24) is 0 Å². The summed E-state index contributed by atoms with van der Waals surface area (Å²) in [6.45, 7) is 4.00. The number of nitro groups is 1. The van der Waals surface area contributed by atoms with E-state index < -0.39 is 4.92 Å². The average Bonchev–Trinajstić information content (AvgIpc) is 2.10. The van der Waals surface area contributed by atoms with E-state index in [1.54, 1.807) is 12.3 Å². The summed E-state index contributed by atoms with van der Waals surface area (Å²) in [5.74, 6) is 0. The van der Waals surface area contributed by atoms with Crippen molar-refractivity contribution >= 4 is 6.21 Å². The van der Waals surface area contributed by atoms with Gasteiger partial charge in [0.2, 0.25) is 0 Å². The Balaban J connectivity index is 0.000000461. The maximum absolute atomic E-state index is 10.00. The van der Waals surface area contributed by atoms with E-state index in [2.05, 4.69) is 4.99 Å². The summed E-state index contributed by atoms with van der Waals surface area (Å²) in [7, 11) is 0. The SMILES string of the molecule is CC.O=[N+]([O-])[C]1C=NC=CC1. The van der Waals surface area contributed by atoms with E-state index in [0.29, 0.717) is 6.42 Å². The second-order valence-corrected chi connectivity index (χ2v) is 1.62. The Labute approximate surface area is 65.8 Å². The molecule has 61 valence electrons. The quantitative estimate of drug-likeness (QED) is 0.428. The minimum atomic E-state index is -0.424. The molecule has 0 aromatic carbocycles. The average molecular weight is 155 g/mol. The molecule has 4 nitrogen and oxygen atoms in total. The van der Waals surface area contributed by atoms with Crippen LogP contribution in [-0.4, -0.2) is 11.1 Å². The van der Waals surface area contributed by atoms with E-state index in [1.165, 1.54) is 6.21 Å². The second-order valence-electron chi connectivity index (χ2n) is 1.62. The van der Waals surface area contributed by atoms with Crippen molar-refractivity contribution in [3.63, 3.8) is 0 Å². The molecule has 0 aromatic heterocycles. The van der Waals surface area contributed by atoms with Crippen molar-refractivity contribution in [3.05, 3.63) is 28.4 Å². The number of hydrogen-bond donors (Lipinski definition) is 0. The third kappa shape index (κ3) is 3.50. The maximum Gasteiger partial charge on any atom is 0.334 e. The van der Waals surface area contributed by atoms with Crippen LogP contribution in [-0.2, 0) is 0 Å². The van der Waals surface area contributed by atoms with Crippen LogP contribution in [0.1, 0.15) is 20.3 Å². The Morgan fingerprint density at radius 3 is 2.55 bits per heavy atom. The van der Waals surface area contributed by atoms with Gasteiger partial charge < -0.3 is 0 Å². The predicted molar refractivity (Wildman–Crippen MR) is 43.8 cm³/mol. The van der Waals surface area contributed by atoms with Crippen molar-refractivity contribution in [3.8, 4) is 0 Å². The Hall–Kier alpha value is -1.19. The zero-order valence-corrected chi connectivity index (χ0v) is 6.65. The topological polar surface area (TPSA) is 55.5 Å². The molecule has 1 rings (SSSR count). The van der Waals surface area contributed by atoms with E-state index in [4.69, 9.17) is 0 Å². The highest BCUT2D eigenvalue weighted by Gasteiger charge is 2.19. The predicted octanol–water partition coefficient (Wildman–Crippen LogP) is 1.81. The normalized spacial score (nSPS) is 15.5. The number of aliphatic imine (C=N–C) groups is 1. The molecule has 11 heavy (non-hydrogen) atoms. The summed E-state index contributed by atoms with van der Waals surface area (Å²) >= 11 is 0. The van der Waals surface area contributed by atoms with Crippen LogP contribution in [0.15, 0.2) is 17.3 Å². The molecule has 0 unspecified atom stereocenters. The van der Waals surface area contributed by atoms with Crippen molar-refractivity contribution in [2.75, 3.05) is 0 Å². The number of rotatable bonds is 1. The van der Waals surface area contributed by atoms with Gasteiger partial charge in [-0.25, -0.2) is 0 Å². The Kier molecular flexibility index (Phi) is 4.98. The highest BCUT2D eigenvalue weighted by atomic mass is 16.6. The van der Waals surface area contributed by atoms with Gasteiger partial charge in [-0.2, -0.15) is 0 Å². The van der Waals surface area contributed by atoms with Crippen LogP contribution in [0.3, 0.4) is 0 Å². The second kappa shape index (κ2) is 5.58. The smallest absolute Gasteiger partial charge is 0.263 e. The first-order valence-corrected chi connectivity index (χ1v) is 3.49. The minimum absolute atomic E-state index is 0.150. The molecular weight excluding hydrogens is 144 g/mol. The summed E-state index contributed by atoms with van der Waals surface area (Å²) in [6, 6.07) is 0.150. The fraction of sp³-hybridized carbons (Fsp3) is 0.429. The molecule has 0 atom stereocenters. The Morgan fingerprint density at radius 1 is 1.64 bits per heavy atom. The monoisotopic (exact) mass is 155 g/mol. The molecule has 0 spiro atoms. The first-order valence-electron chi connectivity index (χ1n) is 3.49. The minimum Gasteiger partial charge on any atom is -0.263 e. The number of hydrogen-bond acceptors (Lipinski definition) is 3. The van der Waals surface area contributed by atoms with Gasteiger partial charge in [0.1, 0.15) is 0 Å². The van der Waals surface area contributed by atoms with Crippen LogP contribution in [0.2, 0.25) is 0 Å². The molecule has 1 aliphatic heterocycles. The van der Waals surface area contributed by atoms with Gasteiger partial charge in [-0.15, -0.1) is 0 Å². The lowest BCUT2D eigenvalue weighted by Crippen LogP contribution is -2.11. The van der Waals surface area contributed by atoms with Crippen LogP contribution in [0.25, 0.3) is 0 Å². The van der Waals surface area contributed by atoms with Gasteiger partial charge >= 0.3 is 6.04 Å². The summed E-state index contributed by atoms with van der Waals surface area (Å²) in [5, 5.41) is 10.00. The van der Waals surface area contributed by atoms with Crippen molar-refractivity contribution in [2.24, 2.45) is 4.99 Å². The van der Waals surface area contributed by atoms with Gasteiger partial charge in [-0.05, 0) is 0 Å². The van der Waals surface area contributed by atoms with E-state index >= 15 is 0 Å². The zero-order chi connectivity index (χ0) is 8.69. The van der Waals surface area contributed by atoms with Gasteiger partial charge in [0.25, 0.3) is 0 Å². The van der Waals surface area contributed by atoms with Crippen molar-refractivity contribution < 1.29 is 4.92 Å². The van der Waals surface area contributed by atoms with Gasteiger partial charge in [0.05, 0.1) is 12.6 Å². The van der Waals surface area contributed by atoms with Crippen molar-refractivity contribution in [2.45, 2.75) is 20.3 Å². The summed E-state index contributed by atoms with van der Waals surface area (Å²) in [4.78, 5) is 13.2. The zero-order valence-electron chi connectivity index (χ0n) is 6.65. The molecule has 0 aromatic rings. The highest BCUT2D eigenvalue weighted by Crippen LogP contribution is 2.08. The van der Waals surface area contributed by atoms with Crippen LogP contribution < -0.4 is 0 Å². The Bertz CT molecular complexity index is 175. The van der Waals surface area contributed by atoms with E-state index in [9.17, 15) is 10.1 Å². The molecule has 0 N–H and O–H groups in total. The maximum atomic E-state index is 10.00. The summed E-state index contributed by atoms with van der Waals surface area (Å²) in [5.41, 5.74) is 0. The molecule has 1 heterocycles. The summed E-state index contributed by atoms with van der Waals surface area (Å²) < 4.78 is 0. The van der Waals surface area contributed by atoms with E-state index in [-0.39, 0.29) is 6.04 Å². The van der Waals surface area contributed by atoms with Gasteiger partial charge in [-0.3, -0.25) is 15.1 Å². The third-order valence-corrected chi connectivity index (χ3v) is 0.977. The summed E-state index contributed by atoms with van der Waals surface area (Å²) in [6.07, 6.45) is 4.85. The van der Waals surface area contributed by atoms with Gasteiger partial charge in [0, 0.05) is 11.1 Å². The third-order valence-electron chi connectivity index (χ3n) is 0.977. The van der Waals surface area contributed by atoms with Gasteiger partial charge in [-0.1, -0.05) is 19.9 Å². The van der Waals surface area contributed by atoms with Gasteiger partial charge in [0.15, 0.2) is 0 Å². The highest BCUT2D eigenvalue weighted by molar-refractivity contribution is 5.73. The number of nitrogens with zero attached hydrogens (tertiary/aromatic N) is 2. The van der Waals surface area contributed by atoms with Crippen molar-refractivity contribution in [1.29, 1.82) is 0 Å². The molecule has 0 aliphatic carbocycles. The van der Waals surface area contributed by atoms with E-state index in [1.807, 2.05) is 13.8 Å². The molecule has 1 aliphatic rings. The lowest BCUT2D eigenvalue weighted by molar-refractivity contribution is -0.451. The molecule has 4 heteroatoms. The lowest BCUT2D eigenvalue weighted by Gasteiger charge is -1.98. The molecular formula is C7H11N2O2. The first-order chi connectivity index (χ1) is 5.30. The molecule has 0 amide bonds. The molecule has 0 saturated carbocycles. The molecule has 0 fully saturated rings. The van der Waals surface area contributed by atoms with Crippen LogP contribution in [0, 0.1) is 16.2 Å². The van der Waals surface area contributed by atoms with Crippen LogP contribution in [0.4, 0.5) is 0 Å². The van der Waals surface area contributed by atoms with E-state index in [0.717, 1.165) is 0 Å². The first kappa shape index (κ1) is 9.81. The van der Waals surface area contributed by atoms with Crippen LogP contribution in [0.5, 0.6) is 0 Å². The Morgan fingerprint density at radius 2 is 2.27 bits per heavy atom.